The lowest BCUT2D eigenvalue weighted by atomic mass is 10.2. The normalized spacial score (nSPS) is 12.4. The number of anilines is 2. The first-order valence-corrected chi connectivity index (χ1v) is 6.61. The van der Waals surface area contributed by atoms with Crippen LogP contribution < -0.4 is 10.6 Å². The summed E-state index contributed by atoms with van der Waals surface area (Å²) < 4.78 is 0. The van der Waals surface area contributed by atoms with Crippen LogP contribution >= 0.6 is 0 Å². The van der Waals surface area contributed by atoms with Crippen LogP contribution in [0.4, 0.5) is 11.8 Å². The lowest BCUT2D eigenvalue weighted by Gasteiger charge is -2.13. The van der Waals surface area contributed by atoms with Crippen LogP contribution in [-0.4, -0.2) is 34.8 Å². The summed E-state index contributed by atoms with van der Waals surface area (Å²) in [5.74, 6) is 1.33. The molecule has 5 heteroatoms. The summed E-state index contributed by atoms with van der Waals surface area (Å²) in [6.45, 7) is 2.56. The zero-order valence-electron chi connectivity index (χ0n) is 11.3. The molecule has 19 heavy (non-hydrogen) atoms. The standard InChI is InChI=1S/C14H20N4O/c1-3-6-10(19)9-16-13-11-7-4-5-8-12(11)17-14(15-2)18-13/h4-5,7-8,10,19H,3,6,9H2,1-2H3,(H2,15,16,17,18). The fourth-order valence-corrected chi connectivity index (χ4v) is 1.97. The Balaban J connectivity index is 2.25. The van der Waals surface area contributed by atoms with Crippen LogP contribution in [0.1, 0.15) is 19.8 Å². The van der Waals surface area contributed by atoms with E-state index < -0.39 is 0 Å². The van der Waals surface area contributed by atoms with Crippen molar-refractivity contribution in [1.29, 1.82) is 0 Å². The number of aliphatic hydroxyl groups excluding tert-OH is 1. The zero-order chi connectivity index (χ0) is 13.7. The first-order valence-electron chi connectivity index (χ1n) is 6.61. The molecule has 0 bridgehead atoms. The van der Waals surface area contributed by atoms with Crippen LogP contribution in [-0.2, 0) is 0 Å². The maximum absolute atomic E-state index is 9.79. The number of nitrogens with zero attached hydrogens (tertiary/aromatic N) is 2. The summed E-state index contributed by atoms with van der Waals surface area (Å²) in [5.41, 5.74) is 0.884. The molecular weight excluding hydrogens is 240 g/mol. The van der Waals surface area contributed by atoms with Gasteiger partial charge in [-0.2, -0.15) is 4.98 Å². The van der Waals surface area contributed by atoms with E-state index in [1.807, 2.05) is 24.3 Å². The van der Waals surface area contributed by atoms with Crippen LogP contribution in [0.15, 0.2) is 24.3 Å². The lowest BCUT2D eigenvalue weighted by Crippen LogP contribution is -2.20. The number of rotatable bonds is 6. The SMILES string of the molecule is CCCC(O)CNc1nc(NC)nc2ccccc12. The van der Waals surface area contributed by atoms with E-state index >= 15 is 0 Å². The van der Waals surface area contributed by atoms with E-state index in [1.54, 1.807) is 7.05 Å². The van der Waals surface area contributed by atoms with Crippen molar-refractivity contribution in [2.75, 3.05) is 24.2 Å². The summed E-state index contributed by atoms with van der Waals surface area (Å²) in [6, 6.07) is 7.83. The van der Waals surface area contributed by atoms with Gasteiger partial charge in [0.1, 0.15) is 5.82 Å². The van der Waals surface area contributed by atoms with Gasteiger partial charge in [0, 0.05) is 19.0 Å². The lowest BCUT2D eigenvalue weighted by molar-refractivity contribution is 0.176. The van der Waals surface area contributed by atoms with E-state index in [1.165, 1.54) is 0 Å². The van der Waals surface area contributed by atoms with Gasteiger partial charge in [-0.3, -0.25) is 0 Å². The quantitative estimate of drug-likeness (QED) is 0.743. The molecule has 0 aliphatic carbocycles. The molecule has 1 unspecified atom stereocenters. The molecule has 0 aliphatic heterocycles. The van der Waals surface area contributed by atoms with Crippen molar-refractivity contribution in [3.63, 3.8) is 0 Å². The van der Waals surface area contributed by atoms with Crippen LogP contribution in [0.25, 0.3) is 10.9 Å². The zero-order valence-corrected chi connectivity index (χ0v) is 11.3. The van der Waals surface area contributed by atoms with Gasteiger partial charge in [0.25, 0.3) is 0 Å². The topological polar surface area (TPSA) is 70.1 Å². The number of benzene rings is 1. The van der Waals surface area contributed by atoms with Crippen molar-refractivity contribution in [2.45, 2.75) is 25.9 Å². The van der Waals surface area contributed by atoms with Crippen LogP contribution in [0.2, 0.25) is 0 Å². The smallest absolute Gasteiger partial charge is 0.224 e. The number of para-hydroxylation sites is 1. The highest BCUT2D eigenvalue weighted by molar-refractivity contribution is 5.89. The fraction of sp³-hybridized carbons (Fsp3) is 0.429. The summed E-state index contributed by atoms with van der Waals surface area (Å²) >= 11 is 0. The molecule has 102 valence electrons. The monoisotopic (exact) mass is 260 g/mol. The van der Waals surface area contributed by atoms with Gasteiger partial charge in [0.15, 0.2) is 0 Å². The molecule has 1 heterocycles. The minimum Gasteiger partial charge on any atom is -0.391 e. The summed E-state index contributed by atoms with van der Waals surface area (Å²) in [4.78, 5) is 8.80. The maximum Gasteiger partial charge on any atom is 0.224 e. The van der Waals surface area contributed by atoms with Crippen molar-refractivity contribution in [3.05, 3.63) is 24.3 Å². The van der Waals surface area contributed by atoms with Crippen molar-refractivity contribution in [3.8, 4) is 0 Å². The average Bonchev–Trinajstić information content (AvgIpc) is 2.44. The summed E-state index contributed by atoms with van der Waals surface area (Å²) in [7, 11) is 1.79. The van der Waals surface area contributed by atoms with Gasteiger partial charge in [-0.05, 0) is 18.6 Å². The Morgan fingerprint density at radius 1 is 1.26 bits per heavy atom. The second kappa shape index (κ2) is 6.33. The summed E-state index contributed by atoms with van der Waals surface area (Å²) in [5, 5.41) is 16.9. The molecule has 0 amide bonds. The molecule has 3 N–H and O–H groups in total. The van der Waals surface area contributed by atoms with Gasteiger partial charge in [0.05, 0.1) is 11.6 Å². The fourth-order valence-electron chi connectivity index (χ4n) is 1.97. The second-order valence-corrected chi connectivity index (χ2v) is 4.49. The number of hydrogen-bond donors (Lipinski definition) is 3. The number of fused-ring (bicyclic) bond motifs is 1. The first kappa shape index (κ1) is 13.5. The van der Waals surface area contributed by atoms with E-state index in [0.29, 0.717) is 12.5 Å². The van der Waals surface area contributed by atoms with E-state index in [2.05, 4.69) is 27.5 Å². The van der Waals surface area contributed by atoms with Gasteiger partial charge < -0.3 is 15.7 Å². The molecule has 1 atom stereocenters. The molecule has 0 fully saturated rings. The van der Waals surface area contributed by atoms with Gasteiger partial charge in [0.2, 0.25) is 5.95 Å². The molecule has 2 aromatic rings. The van der Waals surface area contributed by atoms with Crippen LogP contribution in [0.3, 0.4) is 0 Å². The Morgan fingerprint density at radius 2 is 2.05 bits per heavy atom. The number of aromatic nitrogens is 2. The first-order chi connectivity index (χ1) is 9.24. The van der Waals surface area contributed by atoms with Crippen LogP contribution in [0, 0.1) is 0 Å². The number of aliphatic hydroxyl groups is 1. The Kier molecular flexibility index (Phi) is 4.52. The highest BCUT2D eigenvalue weighted by Gasteiger charge is 2.08. The van der Waals surface area contributed by atoms with Gasteiger partial charge in [-0.25, -0.2) is 4.98 Å². The second-order valence-electron chi connectivity index (χ2n) is 4.49. The van der Waals surface area contributed by atoms with Crippen LogP contribution in [0.5, 0.6) is 0 Å². The van der Waals surface area contributed by atoms with Crippen molar-refractivity contribution < 1.29 is 5.11 Å². The molecular formula is C14H20N4O. The van der Waals surface area contributed by atoms with Crippen molar-refractivity contribution >= 4 is 22.7 Å². The summed E-state index contributed by atoms with van der Waals surface area (Å²) in [6.07, 6.45) is 1.40. The largest absolute Gasteiger partial charge is 0.391 e. The Hall–Kier alpha value is -1.88. The molecule has 1 aromatic heterocycles. The minimum absolute atomic E-state index is 0.350. The molecule has 0 spiro atoms. The third-order valence-corrected chi connectivity index (χ3v) is 2.95. The predicted octanol–water partition coefficient (Wildman–Crippen LogP) is 2.24. The highest BCUT2D eigenvalue weighted by Crippen LogP contribution is 2.21. The maximum atomic E-state index is 9.79. The van der Waals surface area contributed by atoms with E-state index in [-0.39, 0.29) is 6.10 Å². The Labute approximate surface area is 113 Å². The number of hydrogen-bond acceptors (Lipinski definition) is 5. The predicted molar refractivity (Wildman–Crippen MR) is 78.5 cm³/mol. The molecule has 1 aromatic carbocycles. The van der Waals surface area contributed by atoms with Crippen molar-refractivity contribution in [2.24, 2.45) is 0 Å². The molecule has 0 saturated heterocycles. The molecule has 5 nitrogen and oxygen atoms in total. The molecule has 0 radical (unpaired) electrons. The van der Waals surface area contributed by atoms with E-state index in [9.17, 15) is 5.11 Å². The minimum atomic E-state index is -0.350. The molecule has 0 aliphatic rings. The van der Waals surface area contributed by atoms with Gasteiger partial charge in [-0.1, -0.05) is 25.5 Å². The van der Waals surface area contributed by atoms with Gasteiger partial charge in [-0.15, -0.1) is 0 Å². The third-order valence-electron chi connectivity index (χ3n) is 2.95. The molecule has 0 saturated carbocycles. The Bertz CT molecular complexity index is 544. The average molecular weight is 260 g/mol. The van der Waals surface area contributed by atoms with Gasteiger partial charge >= 0.3 is 0 Å². The highest BCUT2D eigenvalue weighted by atomic mass is 16.3. The van der Waals surface area contributed by atoms with E-state index in [4.69, 9.17) is 0 Å². The van der Waals surface area contributed by atoms with E-state index in [0.717, 1.165) is 29.6 Å². The molecule has 2 rings (SSSR count). The number of nitrogens with one attached hydrogen (secondary N) is 2. The third kappa shape index (κ3) is 3.32. The Morgan fingerprint density at radius 3 is 2.79 bits per heavy atom. The van der Waals surface area contributed by atoms with Crippen molar-refractivity contribution in [1.82, 2.24) is 9.97 Å².